The third-order valence-electron chi connectivity index (χ3n) is 2.86. The molecule has 0 unspecified atom stereocenters. The van der Waals surface area contributed by atoms with Crippen molar-refractivity contribution in [3.63, 3.8) is 0 Å². The molecule has 1 saturated heterocycles. The first kappa shape index (κ1) is 10.8. The second-order valence-electron chi connectivity index (χ2n) is 3.99. The molecule has 1 atom stereocenters. The molecule has 16 heavy (non-hydrogen) atoms. The zero-order valence-electron chi connectivity index (χ0n) is 9.17. The molecule has 86 valence electrons. The van der Waals surface area contributed by atoms with E-state index < -0.39 is 0 Å². The lowest BCUT2D eigenvalue weighted by molar-refractivity contribution is -0.129. The van der Waals surface area contributed by atoms with Gasteiger partial charge in [-0.15, -0.1) is 5.10 Å². The summed E-state index contributed by atoms with van der Waals surface area (Å²) in [6, 6.07) is 0.179. The number of aldehydes is 1. The van der Waals surface area contributed by atoms with Gasteiger partial charge >= 0.3 is 0 Å². The Hall–Kier alpha value is -1.72. The summed E-state index contributed by atoms with van der Waals surface area (Å²) in [5, 5.41) is 7.53. The third kappa shape index (κ3) is 2.10. The fourth-order valence-corrected chi connectivity index (χ4v) is 2.11. The smallest absolute Gasteiger partial charge is 0.219 e. The zero-order valence-corrected chi connectivity index (χ0v) is 9.17. The van der Waals surface area contributed by atoms with Gasteiger partial charge in [-0.05, 0) is 12.8 Å². The molecule has 0 spiro atoms. The van der Waals surface area contributed by atoms with Gasteiger partial charge in [0.2, 0.25) is 5.91 Å². The van der Waals surface area contributed by atoms with Crippen LogP contribution in [0.3, 0.4) is 0 Å². The topological polar surface area (TPSA) is 68.1 Å². The molecular formula is C10H14N4O2. The molecule has 1 fully saturated rings. The van der Waals surface area contributed by atoms with Gasteiger partial charge in [-0.3, -0.25) is 9.59 Å². The van der Waals surface area contributed by atoms with Gasteiger partial charge in [0.15, 0.2) is 6.29 Å². The zero-order chi connectivity index (χ0) is 11.5. The summed E-state index contributed by atoms with van der Waals surface area (Å²) in [5.74, 6) is 0.0956. The number of likely N-dealkylation sites (tertiary alicyclic amines) is 1. The van der Waals surface area contributed by atoms with E-state index in [1.807, 2.05) is 4.90 Å². The van der Waals surface area contributed by atoms with Crippen LogP contribution in [-0.4, -0.2) is 44.7 Å². The number of rotatable bonds is 3. The molecule has 6 nitrogen and oxygen atoms in total. The molecule has 1 amide bonds. The van der Waals surface area contributed by atoms with E-state index in [2.05, 4.69) is 10.3 Å². The summed E-state index contributed by atoms with van der Waals surface area (Å²) in [4.78, 5) is 23.6. The molecule has 0 saturated carbocycles. The van der Waals surface area contributed by atoms with Crippen molar-refractivity contribution < 1.29 is 9.59 Å². The van der Waals surface area contributed by atoms with Crippen molar-refractivity contribution >= 4 is 12.2 Å². The Morgan fingerprint density at radius 3 is 3.12 bits per heavy atom. The predicted molar refractivity (Wildman–Crippen MR) is 55.8 cm³/mol. The van der Waals surface area contributed by atoms with Crippen LogP contribution >= 0.6 is 0 Å². The van der Waals surface area contributed by atoms with E-state index in [9.17, 15) is 9.59 Å². The molecular weight excluding hydrogens is 208 g/mol. The molecule has 6 heteroatoms. The van der Waals surface area contributed by atoms with Crippen LogP contribution in [0.2, 0.25) is 0 Å². The number of aromatic nitrogens is 3. The Bertz CT molecular complexity index is 401. The van der Waals surface area contributed by atoms with Crippen molar-refractivity contribution in [3.8, 4) is 0 Å². The first-order chi connectivity index (χ1) is 7.70. The van der Waals surface area contributed by atoms with Crippen LogP contribution in [0.5, 0.6) is 0 Å². The summed E-state index contributed by atoms with van der Waals surface area (Å²) in [6.45, 7) is 3.01. The van der Waals surface area contributed by atoms with Gasteiger partial charge in [0.1, 0.15) is 5.69 Å². The fraction of sp³-hybridized carbons (Fsp3) is 0.600. The highest BCUT2D eigenvalue weighted by Crippen LogP contribution is 2.18. The highest BCUT2D eigenvalue weighted by atomic mass is 16.2. The van der Waals surface area contributed by atoms with E-state index in [1.165, 1.54) is 0 Å². The molecule has 1 aromatic heterocycles. The lowest BCUT2D eigenvalue weighted by atomic mass is 10.2. The summed E-state index contributed by atoms with van der Waals surface area (Å²) in [6.07, 6.45) is 4.28. The van der Waals surface area contributed by atoms with Gasteiger partial charge in [-0.1, -0.05) is 5.21 Å². The molecule has 1 aliphatic heterocycles. The molecule has 0 bridgehead atoms. The minimum Gasteiger partial charge on any atom is -0.338 e. The normalized spacial score (nSPS) is 20.1. The van der Waals surface area contributed by atoms with Crippen LogP contribution in [0.1, 0.15) is 30.3 Å². The van der Waals surface area contributed by atoms with E-state index in [4.69, 9.17) is 0 Å². The Morgan fingerprint density at radius 2 is 2.50 bits per heavy atom. The standard InChI is InChI=1S/C10H14N4O2/c1-8(16)14-4-2-3-10(14)6-13-5-9(7-15)11-12-13/h5,7,10H,2-4,6H2,1H3/t10-/m1/s1. The molecule has 0 aromatic carbocycles. The Kier molecular flexibility index (Phi) is 2.98. The van der Waals surface area contributed by atoms with Gasteiger partial charge < -0.3 is 4.90 Å². The van der Waals surface area contributed by atoms with E-state index in [0.29, 0.717) is 18.5 Å². The monoisotopic (exact) mass is 222 g/mol. The number of nitrogens with zero attached hydrogens (tertiary/aromatic N) is 4. The van der Waals surface area contributed by atoms with E-state index in [-0.39, 0.29) is 11.9 Å². The van der Waals surface area contributed by atoms with Gasteiger partial charge in [0.25, 0.3) is 0 Å². The Balaban J connectivity index is 2.03. The minimum atomic E-state index is 0.0956. The number of amides is 1. The molecule has 0 N–H and O–H groups in total. The van der Waals surface area contributed by atoms with Crippen LogP contribution < -0.4 is 0 Å². The summed E-state index contributed by atoms with van der Waals surface area (Å²) in [7, 11) is 0. The number of carbonyl (C=O) groups is 2. The predicted octanol–water partition coefficient (Wildman–Crippen LogP) is 0.101. The molecule has 0 aliphatic carbocycles. The summed E-state index contributed by atoms with van der Waals surface area (Å²) >= 11 is 0. The van der Waals surface area contributed by atoms with Crippen molar-refractivity contribution in [3.05, 3.63) is 11.9 Å². The van der Waals surface area contributed by atoms with E-state index in [1.54, 1.807) is 17.8 Å². The van der Waals surface area contributed by atoms with Crippen LogP contribution in [0.15, 0.2) is 6.20 Å². The average Bonchev–Trinajstić information content (AvgIpc) is 2.87. The average molecular weight is 222 g/mol. The molecule has 1 aromatic rings. The molecule has 2 rings (SSSR count). The first-order valence-electron chi connectivity index (χ1n) is 5.33. The highest BCUT2D eigenvalue weighted by Gasteiger charge is 2.26. The summed E-state index contributed by atoms with van der Waals surface area (Å²) in [5.41, 5.74) is 0.326. The van der Waals surface area contributed by atoms with Crippen molar-refractivity contribution in [1.29, 1.82) is 0 Å². The van der Waals surface area contributed by atoms with Crippen molar-refractivity contribution in [2.24, 2.45) is 0 Å². The largest absolute Gasteiger partial charge is 0.338 e. The SMILES string of the molecule is CC(=O)N1CCC[C@@H]1Cn1cc(C=O)nn1. The maximum absolute atomic E-state index is 11.3. The Morgan fingerprint density at radius 1 is 1.69 bits per heavy atom. The van der Waals surface area contributed by atoms with Crippen LogP contribution in [-0.2, 0) is 11.3 Å². The van der Waals surface area contributed by atoms with Crippen LogP contribution in [0.4, 0.5) is 0 Å². The quantitative estimate of drug-likeness (QED) is 0.680. The fourth-order valence-electron chi connectivity index (χ4n) is 2.11. The maximum Gasteiger partial charge on any atom is 0.219 e. The molecule has 2 heterocycles. The van der Waals surface area contributed by atoms with Crippen molar-refractivity contribution in [2.75, 3.05) is 6.54 Å². The highest BCUT2D eigenvalue weighted by molar-refractivity contribution is 5.73. The number of hydrogen-bond acceptors (Lipinski definition) is 4. The summed E-state index contributed by atoms with van der Waals surface area (Å²) < 4.78 is 1.62. The second-order valence-corrected chi connectivity index (χ2v) is 3.99. The van der Waals surface area contributed by atoms with Crippen molar-refractivity contribution in [1.82, 2.24) is 19.9 Å². The van der Waals surface area contributed by atoms with Crippen LogP contribution in [0.25, 0.3) is 0 Å². The Labute approximate surface area is 93.2 Å². The van der Waals surface area contributed by atoms with Crippen LogP contribution in [0, 0.1) is 0 Å². The van der Waals surface area contributed by atoms with E-state index in [0.717, 1.165) is 19.4 Å². The van der Waals surface area contributed by atoms with Crippen molar-refractivity contribution in [2.45, 2.75) is 32.4 Å². The number of hydrogen-bond donors (Lipinski definition) is 0. The minimum absolute atomic E-state index is 0.0956. The first-order valence-corrected chi connectivity index (χ1v) is 5.33. The van der Waals surface area contributed by atoms with E-state index >= 15 is 0 Å². The molecule has 0 radical (unpaired) electrons. The van der Waals surface area contributed by atoms with Gasteiger partial charge in [0.05, 0.1) is 18.8 Å². The second kappa shape index (κ2) is 4.42. The maximum atomic E-state index is 11.3. The van der Waals surface area contributed by atoms with Gasteiger partial charge in [-0.2, -0.15) is 0 Å². The lowest BCUT2D eigenvalue weighted by Gasteiger charge is -2.22. The van der Waals surface area contributed by atoms with Gasteiger partial charge in [0, 0.05) is 13.5 Å². The third-order valence-corrected chi connectivity index (χ3v) is 2.86. The lowest BCUT2D eigenvalue weighted by Crippen LogP contribution is -2.36. The van der Waals surface area contributed by atoms with Gasteiger partial charge in [-0.25, -0.2) is 4.68 Å². The molecule has 1 aliphatic rings. The number of carbonyl (C=O) groups excluding carboxylic acids is 2.